The van der Waals surface area contributed by atoms with Crippen LogP contribution in [0.4, 0.5) is 0 Å². The SMILES string of the molecule is C=C(C)c1ccc2c(c1)[C@H](NC(=O)c1cc(C)c(C)c(C)c1)[C@H](O)C(C)(C)O2. The number of hydrogen-bond acceptors (Lipinski definition) is 3. The van der Waals surface area contributed by atoms with E-state index in [1.807, 2.05) is 71.9 Å². The number of nitrogens with one attached hydrogen (secondary N) is 1. The van der Waals surface area contributed by atoms with Crippen molar-refractivity contribution in [1.82, 2.24) is 5.32 Å². The number of allylic oxidation sites excluding steroid dienone is 1. The van der Waals surface area contributed by atoms with Crippen LogP contribution in [0.25, 0.3) is 5.57 Å². The quantitative estimate of drug-likeness (QED) is 0.816. The predicted molar refractivity (Wildman–Crippen MR) is 113 cm³/mol. The Kier molecular flexibility index (Phi) is 5.11. The van der Waals surface area contributed by atoms with E-state index in [4.69, 9.17) is 4.74 Å². The molecule has 3 rings (SSSR count). The van der Waals surface area contributed by atoms with Crippen molar-refractivity contribution in [2.75, 3.05) is 0 Å². The Hall–Kier alpha value is -2.59. The molecule has 2 aromatic carbocycles. The fourth-order valence-electron chi connectivity index (χ4n) is 3.61. The molecule has 2 aromatic rings. The highest BCUT2D eigenvalue weighted by Crippen LogP contribution is 2.41. The van der Waals surface area contributed by atoms with Crippen molar-refractivity contribution in [3.8, 4) is 5.75 Å². The van der Waals surface area contributed by atoms with Crippen LogP contribution in [0, 0.1) is 20.8 Å². The Bertz CT molecular complexity index is 935. The standard InChI is InChI=1S/C24H29NO3/c1-13(2)17-8-9-20-19(12-17)21(22(26)24(6,7)28-20)25-23(27)18-10-14(3)16(5)15(4)11-18/h8-12,21-22,26H,1H2,2-7H3,(H,25,27)/t21-,22-/m0/s1. The third kappa shape index (κ3) is 3.57. The van der Waals surface area contributed by atoms with Crippen molar-refractivity contribution in [1.29, 1.82) is 0 Å². The second-order valence-corrected chi connectivity index (χ2v) is 8.37. The molecular formula is C24H29NO3. The Labute approximate surface area is 167 Å². The zero-order valence-corrected chi connectivity index (χ0v) is 17.5. The van der Waals surface area contributed by atoms with Gasteiger partial charge in [0.05, 0.1) is 6.04 Å². The Balaban J connectivity index is 2.01. The molecule has 0 aliphatic carbocycles. The van der Waals surface area contributed by atoms with E-state index >= 15 is 0 Å². The monoisotopic (exact) mass is 379 g/mol. The molecule has 2 atom stereocenters. The lowest BCUT2D eigenvalue weighted by molar-refractivity contribution is -0.0627. The van der Waals surface area contributed by atoms with Crippen LogP contribution in [0.15, 0.2) is 36.9 Å². The van der Waals surface area contributed by atoms with Crippen LogP contribution in [0.3, 0.4) is 0 Å². The van der Waals surface area contributed by atoms with E-state index in [2.05, 4.69) is 11.9 Å². The first-order chi connectivity index (χ1) is 13.0. The van der Waals surface area contributed by atoms with Crippen molar-refractivity contribution in [2.45, 2.75) is 59.3 Å². The molecule has 0 fully saturated rings. The lowest BCUT2D eigenvalue weighted by Gasteiger charge is -2.42. The van der Waals surface area contributed by atoms with E-state index in [0.29, 0.717) is 11.3 Å². The molecule has 1 aliphatic rings. The highest BCUT2D eigenvalue weighted by Gasteiger charge is 2.43. The van der Waals surface area contributed by atoms with Crippen LogP contribution in [0.2, 0.25) is 0 Å². The van der Waals surface area contributed by atoms with Crippen LogP contribution in [0.5, 0.6) is 5.75 Å². The zero-order chi connectivity index (χ0) is 20.8. The van der Waals surface area contributed by atoms with Gasteiger partial charge in [0.1, 0.15) is 17.5 Å². The first-order valence-corrected chi connectivity index (χ1v) is 9.57. The number of carbonyl (C=O) groups excluding carboxylic acids is 1. The molecule has 28 heavy (non-hydrogen) atoms. The molecule has 2 N–H and O–H groups in total. The minimum absolute atomic E-state index is 0.209. The van der Waals surface area contributed by atoms with Crippen molar-refractivity contribution in [3.63, 3.8) is 0 Å². The van der Waals surface area contributed by atoms with Crippen LogP contribution in [-0.2, 0) is 0 Å². The summed E-state index contributed by atoms with van der Waals surface area (Å²) in [5.74, 6) is 0.460. The Morgan fingerprint density at radius 3 is 2.29 bits per heavy atom. The minimum Gasteiger partial charge on any atom is -0.485 e. The van der Waals surface area contributed by atoms with Crippen molar-refractivity contribution in [3.05, 3.63) is 70.3 Å². The lowest BCUT2D eigenvalue weighted by atomic mass is 9.85. The van der Waals surface area contributed by atoms with Gasteiger partial charge in [0.15, 0.2) is 0 Å². The summed E-state index contributed by atoms with van der Waals surface area (Å²) in [4.78, 5) is 13.0. The maximum absolute atomic E-state index is 13.0. The molecule has 148 valence electrons. The molecule has 1 amide bonds. The second-order valence-electron chi connectivity index (χ2n) is 8.37. The van der Waals surface area contributed by atoms with Gasteiger partial charge in [0.25, 0.3) is 5.91 Å². The fraction of sp³-hybridized carbons (Fsp3) is 0.375. The van der Waals surface area contributed by atoms with Gasteiger partial charge in [-0.15, -0.1) is 0 Å². The smallest absolute Gasteiger partial charge is 0.251 e. The molecule has 0 bridgehead atoms. The van der Waals surface area contributed by atoms with Gasteiger partial charge in [0, 0.05) is 11.1 Å². The average molecular weight is 380 g/mol. The number of amides is 1. The topological polar surface area (TPSA) is 58.6 Å². The van der Waals surface area contributed by atoms with Gasteiger partial charge >= 0.3 is 0 Å². The third-order valence-electron chi connectivity index (χ3n) is 5.71. The summed E-state index contributed by atoms with van der Waals surface area (Å²) in [6.45, 7) is 15.6. The molecule has 0 spiro atoms. The highest BCUT2D eigenvalue weighted by atomic mass is 16.5. The molecule has 1 aliphatic heterocycles. The van der Waals surface area contributed by atoms with Gasteiger partial charge in [0.2, 0.25) is 0 Å². The zero-order valence-electron chi connectivity index (χ0n) is 17.5. The molecule has 4 heteroatoms. The van der Waals surface area contributed by atoms with Crippen LogP contribution >= 0.6 is 0 Å². The summed E-state index contributed by atoms with van der Waals surface area (Å²) in [7, 11) is 0. The number of carbonyl (C=O) groups is 1. The van der Waals surface area contributed by atoms with E-state index in [0.717, 1.165) is 27.8 Å². The Morgan fingerprint density at radius 2 is 1.71 bits per heavy atom. The van der Waals surface area contributed by atoms with Gasteiger partial charge in [-0.2, -0.15) is 0 Å². The fourth-order valence-corrected chi connectivity index (χ4v) is 3.61. The minimum atomic E-state index is -0.892. The van der Waals surface area contributed by atoms with Gasteiger partial charge in [-0.3, -0.25) is 4.79 Å². The number of aliphatic hydroxyl groups is 1. The Morgan fingerprint density at radius 1 is 1.11 bits per heavy atom. The molecule has 0 radical (unpaired) electrons. The molecule has 0 unspecified atom stereocenters. The van der Waals surface area contributed by atoms with Crippen LogP contribution in [0.1, 0.15) is 65.0 Å². The maximum Gasteiger partial charge on any atom is 0.251 e. The first-order valence-electron chi connectivity index (χ1n) is 9.57. The van der Waals surface area contributed by atoms with E-state index in [9.17, 15) is 9.90 Å². The molecule has 0 aromatic heterocycles. The normalized spacial score (nSPS) is 20.1. The number of hydrogen-bond donors (Lipinski definition) is 2. The highest BCUT2D eigenvalue weighted by molar-refractivity contribution is 5.95. The number of aliphatic hydroxyl groups excluding tert-OH is 1. The van der Waals surface area contributed by atoms with Gasteiger partial charge in [-0.1, -0.05) is 18.2 Å². The summed E-state index contributed by atoms with van der Waals surface area (Å²) in [6, 6.07) is 8.96. The van der Waals surface area contributed by atoms with E-state index in [-0.39, 0.29) is 5.91 Å². The molecule has 0 saturated heterocycles. The van der Waals surface area contributed by atoms with E-state index in [1.54, 1.807) is 0 Å². The van der Waals surface area contributed by atoms with Crippen molar-refractivity contribution < 1.29 is 14.6 Å². The summed E-state index contributed by atoms with van der Waals surface area (Å²) >= 11 is 0. The van der Waals surface area contributed by atoms with Gasteiger partial charge in [-0.25, -0.2) is 0 Å². The number of ether oxygens (including phenoxy) is 1. The molecule has 4 nitrogen and oxygen atoms in total. The summed E-state index contributed by atoms with van der Waals surface area (Å²) < 4.78 is 6.01. The molecule has 1 heterocycles. The number of fused-ring (bicyclic) bond motifs is 1. The van der Waals surface area contributed by atoms with Gasteiger partial charge < -0.3 is 15.2 Å². The predicted octanol–water partition coefficient (Wildman–Crippen LogP) is 4.65. The van der Waals surface area contributed by atoms with E-state index < -0.39 is 17.7 Å². The number of benzene rings is 2. The first kappa shape index (κ1) is 20.2. The van der Waals surface area contributed by atoms with Crippen molar-refractivity contribution >= 4 is 11.5 Å². The van der Waals surface area contributed by atoms with Gasteiger partial charge in [-0.05, 0) is 88.1 Å². The average Bonchev–Trinajstić information content (AvgIpc) is 2.62. The number of aryl methyl sites for hydroxylation is 2. The van der Waals surface area contributed by atoms with Crippen LogP contribution < -0.4 is 10.1 Å². The molecular weight excluding hydrogens is 350 g/mol. The summed E-state index contributed by atoms with van der Waals surface area (Å²) in [6.07, 6.45) is -0.892. The molecule has 0 saturated carbocycles. The largest absolute Gasteiger partial charge is 0.485 e. The maximum atomic E-state index is 13.0. The summed E-state index contributed by atoms with van der Waals surface area (Å²) in [5.41, 5.74) is 5.73. The lowest BCUT2D eigenvalue weighted by Crippen LogP contribution is -2.53. The number of rotatable bonds is 3. The summed E-state index contributed by atoms with van der Waals surface area (Å²) in [5, 5.41) is 14.0. The van der Waals surface area contributed by atoms with Crippen molar-refractivity contribution in [2.24, 2.45) is 0 Å². The second kappa shape index (κ2) is 7.10. The third-order valence-corrected chi connectivity index (χ3v) is 5.71. The van der Waals surface area contributed by atoms with Crippen LogP contribution in [-0.4, -0.2) is 22.7 Å². The van der Waals surface area contributed by atoms with E-state index in [1.165, 1.54) is 5.56 Å².